The number of ether oxygens (including phenoxy) is 1. The van der Waals surface area contributed by atoms with Gasteiger partial charge in [-0.1, -0.05) is 37.3 Å². The van der Waals surface area contributed by atoms with Crippen LogP contribution < -0.4 is 10.1 Å². The highest BCUT2D eigenvalue weighted by Crippen LogP contribution is 2.25. The van der Waals surface area contributed by atoms with Gasteiger partial charge in [0.2, 0.25) is 0 Å². The lowest BCUT2D eigenvalue weighted by molar-refractivity contribution is 0.0860. The van der Waals surface area contributed by atoms with Gasteiger partial charge in [0.15, 0.2) is 0 Å². The summed E-state index contributed by atoms with van der Waals surface area (Å²) in [5, 5.41) is 5.66. The van der Waals surface area contributed by atoms with E-state index in [9.17, 15) is 0 Å². The summed E-state index contributed by atoms with van der Waals surface area (Å²) < 4.78 is 6.14. The standard InChI is InChI=1S/C16H21NO/c1-4-16(2,12-17-3)18-15-10-9-13-7-5-6-8-14(13)11-15/h5-11,17H,4,12H2,1-3H3. The number of hydrogen-bond acceptors (Lipinski definition) is 2. The summed E-state index contributed by atoms with van der Waals surface area (Å²) in [7, 11) is 1.96. The first-order valence-electron chi connectivity index (χ1n) is 6.49. The summed E-state index contributed by atoms with van der Waals surface area (Å²) >= 11 is 0. The van der Waals surface area contributed by atoms with E-state index in [2.05, 4.69) is 55.6 Å². The van der Waals surface area contributed by atoms with Gasteiger partial charge in [-0.25, -0.2) is 0 Å². The summed E-state index contributed by atoms with van der Waals surface area (Å²) in [6.45, 7) is 5.13. The topological polar surface area (TPSA) is 21.3 Å². The molecule has 0 spiro atoms. The maximum Gasteiger partial charge on any atom is 0.120 e. The Balaban J connectivity index is 2.26. The second-order valence-corrected chi connectivity index (χ2v) is 4.94. The maximum absolute atomic E-state index is 6.14. The first kappa shape index (κ1) is 12.9. The third-order valence-corrected chi connectivity index (χ3v) is 3.38. The molecule has 0 bridgehead atoms. The Morgan fingerprint density at radius 2 is 1.83 bits per heavy atom. The van der Waals surface area contributed by atoms with Gasteiger partial charge in [-0.3, -0.25) is 0 Å². The zero-order valence-corrected chi connectivity index (χ0v) is 11.4. The van der Waals surface area contributed by atoms with Crippen LogP contribution in [0.5, 0.6) is 5.75 Å². The number of rotatable bonds is 5. The van der Waals surface area contributed by atoms with E-state index in [-0.39, 0.29) is 5.60 Å². The highest BCUT2D eigenvalue weighted by Gasteiger charge is 2.23. The fourth-order valence-corrected chi connectivity index (χ4v) is 2.12. The van der Waals surface area contributed by atoms with Gasteiger partial charge >= 0.3 is 0 Å². The van der Waals surface area contributed by atoms with Gasteiger partial charge in [0, 0.05) is 6.54 Å². The van der Waals surface area contributed by atoms with E-state index in [1.807, 2.05) is 13.1 Å². The highest BCUT2D eigenvalue weighted by atomic mass is 16.5. The van der Waals surface area contributed by atoms with E-state index < -0.39 is 0 Å². The van der Waals surface area contributed by atoms with Gasteiger partial charge in [0.25, 0.3) is 0 Å². The van der Waals surface area contributed by atoms with Gasteiger partial charge in [-0.05, 0) is 43.3 Å². The molecule has 1 N–H and O–H groups in total. The van der Waals surface area contributed by atoms with E-state index in [1.165, 1.54) is 10.8 Å². The molecule has 0 aromatic heterocycles. The number of nitrogens with one attached hydrogen (secondary N) is 1. The predicted molar refractivity (Wildman–Crippen MR) is 77.2 cm³/mol. The van der Waals surface area contributed by atoms with Crippen LogP contribution in [0.4, 0.5) is 0 Å². The van der Waals surface area contributed by atoms with Crippen molar-refractivity contribution in [2.45, 2.75) is 25.9 Å². The van der Waals surface area contributed by atoms with Crippen molar-refractivity contribution < 1.29 is 4.74 Å². The minimum absolute atomic E-state index is 0.156. The van der Waals surface area contributed by atoms with E-state index in [0.29, 0.717) is 0 Å². The summed E-state index contributed by atoms with van der Waals surface area (Å²) in [5.74, 6) is 0.938. The van der Waals surface area contributed by atoms with Crippen molar-refractivity contribution in [3.05, 3.63) is 42.5 Å². The minimum atomic E-state index is -0.156. The smallest absolute Gasteiger partial charge is 0.120 e. The van der Waals surface area contributed by atoms with Crippen LogP contribution in [0.3, 0.4) is 0 Å². The average molecular weight is 243 g/mol. The molecule has 0 aliphatic rings. The van der Waals surface area contributed by atoms with Crippen molar-refractivity contribution in [1.82, 2.24) is 5.32 Å². The molecule has 2 nitrogen and oxygen atoms in total. The van der Waals surface area contributed by atoms with Crippen molar-refractivity contribution >= 4 is 10.8 Å². The van der Waals surface area contributed by atoms with Crippen LogP contribution >= 0.6 is 0 Å². The van der Waals surface area contributed by atoms with Gasteiger partial charge < -0.3 is 10.1 Å². The molecule has 0 aliphatic carbocycles. The number of benzene rings is 2. The maximum atomic E-state index is 6.14. The number of fused-ring (bicyclic) bond motifs is 1. The Labute approximate surface area is 109 Å². The Kier molecular flexibility index (Phi) is 3.87. The van der Waals surface area contributed by atoms with Gasteiger partial charge in [-0.15, -0.1) is 0 Å². The minimum Gasteiger partial charge on any atom is -0.486 e. The van der Waals surface area contributed by atoms with E-state index in [1.54, 1.807) is 0 Å². The fraction of sp³-hybridized carbons (Fsp3) is 0.375. The predicted octanol–water partition coefficient (Wildman–Crippen LogP) is 3.61. The van der Waals surface area contributed by atoms with Gasteiger partial charge in [0.1, 0.15) is 11.4 Å². The number of likely N-dealkylation sites (N-methyl/N-ethyl adjacent to an activating group) is 1. The van der Waals surface area contributed by atoms with Crippen molar-refractivity contribution in [1.29, 1.82) is 0 Å². The largest absolute Gasteiger partial charge is 0.486 e. The second-order valence-electron chi connectivity index (χ2n) is 4.94. The zero-order chi connectivity index (χ0) is 13.0. The van der Waals surface area contributed by atoms with Crippen LogP contribution in [-0.2, 0) is 0 Å². The molecule has 2 heteroatoms. The molecular weight excluding hydrogens is 222 g/mol. The van der Waals surface area contributed by atoms with Crippen LogP contribution in [0.15, 0.2) is 42.5 Å². The lowest BCUT2D eigenvalue weighted by atomic mass is 10.0. The first-order chi connectivity index (χ1) is 8.67. The van der Waals surface area contributed by atoms with Gasteiger partial charge in [-0.2, -0.15) is 0 Å². The molecule has 96 valence electrons. The summed E-state index contributed by atoms with van der Waals surface area (Å²) in [6.07, 6.45) is 0.973. The molecule has 2 rings (SSSR count). The molecule has 0 saturated carbocycles. The number of hydrogen-bond donors (Lipinski definition) is 1. The van der Waals surface area contributed by atoms with E-state index >= 15 is 0 Å². The Morgan fingerprint density at radius 1 is 1.11 bits per heavy atom. The lowest BCUT2D eigenvalue weighted by Gasteiger charge is -2.29. The molecule has 0 heterocycles. The molecule has 2 aromatic rings. The molecule has 18 heavy (non-hydrogen) atoms. The Bertz CT molecular complexity index is 523. The molecule has 1 atom stereocenters. The Hall–Kier alpha value is -1.54. The van der Waals surface area contributed by atoms with Crippen molar-refractivity contribution in [3.8, 4) is 5.75 Å². The van der Waals surface area contributed by atoms with E-state index in [4.69, 9.17) is 4.74 Å². The summed E-state index contributed by atoms with van der Waals surface area (Å²) in [4.78, 5) is 0. The van der Waals surface area contributed by atoms with Gasteiger partial charge in [0.05, 0.1) is 0 Å². The van der Waals surface area contributed by atoms with Crippen LogP contribution in [0.2, 0.25) is 0 Å². The molecule has 1 unspecified atom stereocenters. The second kappa shape index (κ2) is 5.40. The molecule has 2 aromatic carbocycles. The lowest BCUT2D eigenvalue weighted by Crippen LogP contribution is -2.41. The normalized spacial score (nSPS) is 14.4. The molecule has 0 fully saturated rings. The first-order valence-corrected chi connectivity index (χ1v) is 6.49. The van der Waals surface area contributed by atoms with Crippen LogP contribution in [0.25, 0.3) is 10.8 Å². The van der Waals surface area contributed by atoms with Crippen molar-refractivity contribution in [2.24, 2.45) is 0 Å². The molecule has 0 aliphatic heterocycles. The fourth-order valence-electron chi connectivity index (χ4n) is 2.12. The molecule has 0 radical (unpaired) electrons. The average Bonchev–Trinajstić information content (AvgIpc) is 2.39. The quantitative estimate of drug-likeness (QED) is 0.866. The Morgan fingerprint density at radius 3 is 2.50 bits per heavy atom. The van der Waals surface area contributed by atoms with Crippen LogP contribution in [0.1, 0.15) is 20.3 Å². The molecular formula is C16H21NO. The summed E-state index contributed by atoms with van der Waals surface area (Å²) in [5.41, 5.74) is -0.156. The third-order valence-electron chi connectivity index (χ3n) is 3.38. The highest BCUT2D eigenvalue weighted by molar-refractivity contribution is 5.83. The van der Waals surface area contributed by atoms with E-state index in [0.717, 1.165) is 18.7 Å². The SMILES string of the molecule is CCC(C)(CNC)Oc1ccc2ccccc2c1. The summed E-state index contributed by atoms with van der Waals surface area (Å²) in [6, 6.07) is 14.6. The molecule has 0 amide bonds. The molecule has 0 saturated heterocycles. The zero-order valence-electron chi connectivity index (χ0n) is 11.4. The van der Waals surface area contributed by atoms with Crippen LogP contribution in [-0.4, -0.2) is 19.2 Å². The van der Waals surface area contributed by atoms with Crippen LogP contribution in [0, 0.1) is 0 Å². The third kappa shape index (κ3) is 2.82. The van der Waals surface area contributed by atoms with Crippen molar-refractivity contribution in [2.75, 3.05) is 13.6 Å². The van der Waals surface area contributed by atoms with Crippen molar-refractivity contribution in [3.63, 3.8) is 0 Å². The monoisotopic (exact) mass is 243 g/mol.